The van der Waals surface area contributed by atoms with E-state index >= 15 is 0 Å². The zero-order chi connectivity index (χ0) is 27.4. The van der Waals surface area contributed by atoms with Crippen LogP contribution < -0.4 is 10.5 Å². The third kappa shape index (κ3) is 5.87. The number of para-hydroxylation sites is 1. The van der Waals surface area contributed by atoms with Crippen molar-refractivity contribution in [1.29, 1.82) is 0 Å². The second kappa shape index (κ2) is 11.1. The summed E-state index contributed by atoms with van der Waals surface area (Å²) in [4.78, 5) is 11.3. The Labute approximate surface area is 227 Å². The van der Waals surface area contributed by atoms with Crippen molar-refractivity contribution in [2.24, 2.45) is 5.73 Å². The predicted molar refractivity (Wildman–Crippen MR) is 152 cm³/mol. The van der Waals surface area contributed by atoms with Gasteiger partial charge in [-0.1, -0.05) is 66.7 Å². The van der Waals surface area contributed by atoms with Gasteiger partial charge in [0.25, 0.3) is 0 Å². The van der Waals surface area contributed by atoms with Gasteiger partial charge >= 0.3 is 5.97 Å². The zero-order valence-corrected chi connectivity index (χ0v) is 22.0. The smallest absolute Gasteiger partial charge is 0.307 e. The maximum Gasteiger partial charge on any atom is 0.307 e. The molecular formula is C31H28N2O5S. The van der Waals surface area contributed by atoms with Crippen molar-refractivity contribution in [3.63, 3.8) is 0 Å². The molecule has 1 heterocycles. The summed E-state index contributed by atoms with van der Waals surface area (Å²) in [6, 6.07) is 29.5. The maximum atomic E-state index is 13.6. The number of hydrogen-bond donors (Lipinski definition) is 2. The van der Waals surface area contributed by atoms with Crippen molar-refractivity contribution >= 4 is 26.9 Å². The van der Waals surface area contributed by atoms with Crippen LogP contribution >= 0.6 is 0 Å². The number of aliphatic carboxylic acids is 1. The van der Waals surface area contributed by atoms with Crippen molar-refractivity contribution in [2.45, 2.75) is 25.3 Å². The largest absolute Gasteiger partial charge is 0.489 e. The SMILES string of the molecule is NCc1cccc(-c2cc(COc3ccccc3CC(=O)O)cc3ccn(S(=O)(=O)Cc4ccccc4)c23)c1. The second-order valence-electron chi connectivity index (χ2n) is 9.31. The van der Waals surface area contributed by atoms with Gasteiger partial charge in [-0.25, -0.2) is 12.4 Å². The summed E-state index contributed by atoms with van der Waals surface area (Å²) in [5.41, 5.74) is 11.1. The lowest BCUT2D eigenvalue weighted by Gasteiger charge is -2.15. The van der Waals surface area contributed by atoms with Crippen molar-refractivity contribution in [3.05, 3.63) is 126 Å². The number of hydrogen-bond acceptors (Lipinski definition) is 5. The number of aromatic nitrogens is 1. The van der Waals surface area contributed by atoms with Crippen LogP contribution in [0.4, 0.5) is 0 Å². The highest BCUT2D eigenvalue weighted by Gasteiger charge is 2.21. The van der Waals surface area contributed by atoms with E-state index in [4.69, 9.17) is 10.5 Å². The summed E-state index contributed by atoms with van der Waals surface area (Å²) in [5.74, 6) is -0.576. The van der Waals surface area contributed by atoms with E-state index in [2.05, 4.69) is 0 Å². The van der Waals surface area contributed by atoms with Crippen molar-refractivity contribution in [2.75, 3.05) is 0 Å². The van der Waals surface area contributed by atoms with E-state index in [-0.39, 0.29) is 18.8 Å². The van der Waals surface area contributed by atoms with Gasteiger partial charge in [0, 0.05) is 29.3 Å². The highest BCUT2D eigenvalue weighted by molar-refractivity contribution is 7.89. The van der Waals surface area contributed by atoms with E-state index in [1.807, 2.05) is 54.6 Å². The van der Waals surface area contributed by atoms with E-state index in [1.165, 1.54) is 3.97 Å². The van der Waals surface area contributed by atoms with Gasteiger partial charge in [0.05, 0.1) is 17.7 Å². The average Bonchev–Trinajstić information content (AvgIpc) is 3.37. The summed E-state index contributed by atoms with van der Waals surface area (Å²) >= 11 is 0. The number of ether oxygens (including phenoxy) is 1. The third-order valence-corrected chi connectivity index (χ3v) is 8.08. The molecule has 0 saturated heterocycles. The Morgan fingerprint density at radius 3 is 2.36 bits per heavy atom. The Balaban J connectivity index is 1.58. The van der Waals surface area contributed by atoms with Crippen molar-refractivity contribution in [3.8, 4) is 16.9 Å². The van der Waals surface area contributed by atoms with Crippen LogP contribution in [0.25, 0.3) is 22.0 Å². The fourth-order valence-corrected chi connectivity index (χ4v) is 6.17. The molecule has 0 unspecified atom stereocenters. The molecule has 1 aromatic heterocycles. The quantitative estimate of drug-likeness (QED) is 0.247. The molecule has 0 radical (unpaired) electrons. The Hall–Kier alpha value is -4.40. The summed E-state index contributed by atoms with van der Waals surface area (Å²) in [6.45, 7) is 0.533. The van der Waals surface area contributed by atoms with Crippen LogP contribution in [0.1, 0.15) is 22.3 Å². The lowest BCUT2D eigenvalue weighted by Crippen LogP contribution is -2.14. The molecule has 198 valence electrons. The molecule has 0 bridgehead atoms. The van der Waals surface area contributed by atoms with Gasteiger partial charge in [-0.2, -0.15) is 0 Å². The molecule has 0 spiro atoms. The van der Waals surface area contributed by atoms with Crippen LogP contribution in [-0.2, 0) is 40.1 Å². The molecule has 8 heteroatoms. The first kappa shape index (κ1) is 26.2. The van der Waals surface area contributed by atoms with Crippen LogP contribution in [-0.4, -0.2) is 23.5 Å². The molecule has 39 heavy (non-hydrogen) atoms. The van der Waals surface area contributed by atoms with Crippen LogP contribution in [0.2, 0.25) is 0 Å². The van der Waals surface area contributed by atoms with Crippen LogP contribution in [0.3, 0.4) is 0 Å². The predicted octanol–water partition coefficient (Wildman–Crippen LogP) is 5.35. The number of fused-ring (bicyclic) bond motifs is 1. The number of nitrogens with zero attached hydrogens (tertiary/aromatic N) is 1. The lowest BCUT2D eigenvalue weighted by molar-refractivity contribution is -0.136. The van der Waals surface area contributed by atoms with E-state index < -0.39 is 16.0 Å². The zero-order valence-electron chi connectivity index (χ0n) is 21.2. The first-order chi connectivity index (χ1) is 18.8. The fourth-order valence-electron chi connectivity index (χ4n) is 4.68. The first-order valence-corrected chi connectivity index (χ1v) is 14.1. The molecule has 5 rings (SSSR count). The van der Waals surface area contributed by atoms with Crippen LogP contribution in [0.5, 0.6) is 5.75 Å². The molecule has 4 aromatic carbocycles. The van der Waals surface area contributed by atoms with Gasteiger partial charge in [-0.05, 0) is 52.6 Å². The molecule has 0 aliphatic carbocycles. The monoisotopic (exact) mass is 540 g/mol. The van der Waals surface area contributed by atoms with Gasteiger partial charge in [-0.3, -0.25) is 4.79 Å². The summed E-state index contributed by atoms with van der Waals surface area (Å²) in [6.07, 6.45) is 1.44. The number of benzene rings is 4. The van der Waals surface area contributed by atoms with E-state index in [0.29, 0.717) is 28.9 Å². The maximum absolute atomic E-state index is 13.6. The third-order valence-electron chi connectivity index (χ3n) is 6.48. The normalized spacial score (nSPS) is 11.5. The van der Waals surface area contributed by atoms with Gasteiger partial charge in [0.2, 0.25) is 10.0 Å². The molecule has 7 nitrogen and oxygen atoms in total. The number of carboxylic acids is 1. The molecule has 0 aliphatic rings. The van der Waals surface area contributed by atoms with E-state index in [1.54, 1.807) is 48.7 Å². The Bertz CT molecular complexity index is 1740. The second-order valence-corrected chi connectivity index (χ2v) is 11.2. The Morgan fingerprint density at radius 1 is 0.846 bits per heavy atom. The Morgan fingerprint density at radius 2 is 1.59 bits per heavy atom. The van der Waals surface area contributed by atoms with Crippen molar-refractivity contribution in [1.82, 2.24) is 3.97 Å². The molecule has 5 aromatic rings. The minimum absolute atomic E-state index is 0.134. The van der Waals surface area contributed by atoms with Crippen molar-refractivity contribution < 1.29 is 23.1 Å². The number of carboxylic acid groups (broad SMARTS) is 1. The number of nitrogens with two attached hydrogens (primary N) is 1. The Kier molecular flexibility index (Phi) is 7.49. The van der Waals surface area contributed by atoms with E-state index in [9.17, 15) is 18.3 Å². The molecule has 0 fully saturated rings. The topological polar surface area (TPSA) is 112 Å². The van der Waals surface area contributed by atoms with Gasteiger partial charge < -0.3 is 15.6 Å². The molecule has 3 N–H and O–H groups in total. The molecule has 0 saturated carbocycles. The standard InChI is InChI=1S/C31H28N2O5S/c32-19-23-9-6-11-25(15-23)28-17-24(20-38-29-12-5-4-10-26(29)18-30(34)35)16-27-13-14-33(31(27)28)39(36,37)21-22-7-2-1-3-8-22/h1-17H,18-21,32H2,(H,34,35). The van der Waals surface area contributed by atoms with Gasteiger partial charge in [-0.15, -0.1) is 0 Å². The highest BCUT2D eigenvalue weighted by atomic mass is 32.2. The minimum Gasteiger partial charge on any atom is -0.489 e. The first-order valence-electron chi connectivity index (χ1n) is 12.5. The minimum atomic E-state index is -3.72. The highest BCUT2D eigenvalue weighted by Crippen LogP contribution is 2.34. The summed E-state index contributed by atoms with van der Waals surface area (Å²) in [5, 5.41) is 10.00. The van der Waals surface area contributed by atoms with Crippen LogP contribution in [0, 0.1) is 0 Å². The molecular weight excluding hydrogens is 512 g/mol. The van der Waals surface area contributed by atoms with E-state index in [0.717, 1.165) is 27.6 Å². The molecule has 0 atom stereocenters. The fraction of sp³-hybridized carbons (Fsp3) is 0.129. The summed E-state index contributed by atoms with van der Waals surface area (Å²) < 4.78 is 34.6. The summed E-state index contributed by atoms with van der Waals surface area (Å²) in [7, 11) is -3.72. The molecule has 0 aliphatic heterocycles. The lowest BCUT2D eigenvalue weighted by atomic mass is 9.98. The van der Waals surface area contributed by atoms with Crippen LogP contribution in [0.15, 0.2) is 103 Å². The average molecular weight is 541 g/mol. The van der Waals surface area contributed by atoms with Gasteiger partial charge in [0.15, 0.2) is 0 Å². The number of rotatable bonds is 10. The molecule has 0 amide bonds. The number of carbonyl (C=O) groups is 1. The van der Waals surface area contributed by atoms with Gasteiger partial charge in [0.1, 0.15) is 12.4 Å².